The summed E-state index contributed by atoms with van der Waals surface area (Å²) in [7, 11) is 3.24. The molecule has 4 rings (SSSR count). The molecule has 0 bridgehead atoms. The van der Waals surface area contributed by atoms with Crippen molar-refractivity contribution in [2.45, 2.75) is 37.8 Å². The molecule has 1 unspecified atom stereocenters. The first kappa shape index (κ1) is 21.0. The number of carbonyl (C=O) groups is 2. The quantitative estimate of drug-likeness (QED) is 0.718. The number of benzene rings is 2. The normalized spacial score (nSPS) is 17.5. The predicted molar refractivity (Wildman–Crippen MR) is 117 cm³/mol. The Labute approximate surface area is 182 Å². The van der Waals surface area contributed by atoms with Gasteiger partial charge >= 0.3 is 6.03 Å². The number of carbonyl (C=O) groups excluding carboxylic acids is 2. The van der Waals surface area contributed by atoms with Gasteiger partial charge in [0.15, 0.2) is 11.5 Å². The van der Waals surface area contributed by atoms with E-state index in [1.165, 1.54) is 0 Å². The van der Waals surface area contributed by atoms with Crippen LogP contribution < -0.4 is 20.1 Å². The first-order valence-corrected chi connectivity index (χ1v) is 10.7. The molecule has 31 heavy (non-hydrogen) atoms. The van der Waals surface area contributed by atoms with Gasteiger partial charge in [0.1, 0.15) is 0 Å². The van der Waals surface area contributed by atoms with E-state index in [0.717, 1.165) is 29.5 Å². The maximum atomic E-state index is 13.1. The van der Waals surface area contributed by atoms with Gasteiger partial charge in [-0.2, -0.15) is 0 Å². The highest BCUT2D eigenvalue weighted by atomic mass is 16.5. The molecule has 7 nitrogen and oxygen atoms in total. The van der Waals surface area contributed by atoms with Crippen LogP contribution in [0.15, 0.2) is 42.5 Å². The number of fused-ring (bicyclic) bond motifs is 1. The first-order valence-electron chi connectivity index (χ1n) is 10.7. The summed E-state index contributed by atoms with van der Waals surface area (Å²) >= 11 is 0. The number of urea groups is 1. The van der Waals surface area contributed by atoms with Gasteiger partial charge in [0, 0.05) is 25.6 Å². The summed E-state index contributed by atoms with van der Waals surface area (Å²) in [5.74, 6) is 1.32. The van der Waals surface area contributed by atoms with Gasteiger partial charge in [0.05, 0.1) is 20.3 Å². The van der Waals surface area contributed by atoms with Crippen molar-refractivity contribution in [1.82, 2.24) is 15.5 Å². The molecule has 1 aliphatic heterocycles. The van der Waals surface area contributed by atoms with Gasteiger partial charge in [-0.3, -0.25) is 4.79 Å². The monoisotopic (exact) mass is 423 g/mol. The van der Waals surface area contributed by atoms with Crippen LogP contribution in [-0.4, -0.2) is 50.2 Å². The summed E-state index contributed by atoms with van der Waals surface area (Å²) in [5.41, 5.74) is 3.19. The lowest BCUT2D eigenvalue weighted by Gasteiger charge is -2.38. The topological polar surface area (TPSA) is 79.9 Å². The van der Waals surface area contributed by atoms with Crippen molar-refractivity contribution in [2.75, 3.05) is 27.3 Å². The third-order valence-electron chi connectivity index (χ3n) is 5.82. The Bertz CT molecular complexity index is 943. The number of nitrogens with zero attached hydrogens (tertiary/aromatic N) is 1. The van der Waals surface area contributed by atoms with Crippen molar-refractivity contribution in [2.24, 2.45) is 0 Å². The minimum Gasteiger partial charge on any atom is -0.493 e. The van der Waals surface area contributed by atoms with Crippen LogP contribution >= 0.6 is 0 Å². The Kier molecular flexibility index (Phi) is 6.30. The summed E-state index contributed by atoms with van der Waals surface area (Å²) < 4.78 is 11.0. The summed E-state index contributed by atoms with van der Waals surface area (Å²) in [4.78, 5) is 26.9. The lowest BCUT2D eigenvalue weighted by Crippen LogP contribution is -2.46. The fraction of sp³-hybridized carbons (Fsp3) is 0.417. The second-order valence-electron chi connectivity index (χ2n) is 7.99. The molecule has 0 radical (unpaired) electrons. The number of ether oxygens (including phenoxy) is 2. The van der Waals surface area contributed by atoms with Gasteiger partial charge in [-0.15, -0.1) is 0 Å². The molecule has 7 heteroatoms. The van der Waals surface area contributed by atoms with Crippen molar-refractivity contribution < 1.29 is 19.1 Å². The van der Waals surface area contributed by atoms with E-state index in [-0.39, 0.29) is 24.4 Å². The van der Waals surface area contributed by atoms with Crippen LogP contribution in [0.25, 0.3) is 0 Å². The molecule has 164 valence electrons. The Hall–Kier alpha value is -3.22. The summed E-state index contributed by atoms with van der Waals surface area (Å²) in [6, 6.07) is 13.8. The smallest absolute Gasteiger partial charge is 0.318 e. The van der Waals surface area contributed by atoms with Gasteiger partial charge in [-0.1, -0.05) is 30.3 Å². The maximum absolute atomic E-state index is 13.1. The fourth-order valence-electron chi connectivity index (χ4n) is 4.07. The fourth-order valence-corrected chi connectivity index (χ4v) is 4.07. The number of methoxy groups -OCH3 is 2. The zero-order valence-corrected chi connectivity index (χ0v) is 18.0. The lowest BCUT2D eigenvalue weighted by molar-refractivity contribution is -0.121. The Balaban J connectivity index is 1.55. The average Bonchev–Trinajstić information content (AvgIpc) is 3.61. The van der Waals surface area contributed by atoms with E-state index >= 15 is 0 Å². The zero-order chi connectivity index (χ0) is 21.8. The number of rotatable bonds is 7. The predicted octanol–water partition coefficient (Wildman–Crippen LogP) is 3.03. The molecule has 2 aromatic rings. The van der Waals surface area contributed by atoms with Gasteiger partial charge in [-0.25, -0.2) is 4.79 Å². The van der Waals surface area contributed by atoms with Gasteiger partial charge in [-0.05, 0) is 48.1 Å². The van der Waals surface area contributed by atoms with Crippen molar-refractivity contribution in [3.63, 3.8) is 0 Å². The van der Waals surface area contributed by atoms with Crippen LogP contribution in [0.3, 0.4) is 0 Å². The van der Waals surface area contributed by atoms with Gasteiger partial charge in [0.25, 0.3) is 0 Å². The van der Waals surface area contributed by atoms with E-state index < -0.39 is 0 Å². The Morgan fingerprint density at radius 1 is 1.06 bits per heavy atom. The van der Waals surface area contributed by atoms with Crippen LogP contribution in [0.4, 0.5) is 4.79 Å². The van der Waals surface area contributed by atoms with Crippen molar-refractivity contribution in [3.8, 4) is 11.5 Å². The molecule has 1 fully saturated rings. The van der Waals surface area contributed by atoms with Crippen LogP contribution in [0.1, 0.15) is 42.0 Å². The molecule has 2 aromatic carbocycles. The number of hydrogen-bond donors (Lipinski definition) is 2. The number of nitrogens with one attached hydrogen (secondary N) is 2. The van der Waals surface area contributed by atoms with Crippen LogP contribution in [0.5, 0.6) is 11.5 Å². The summed E-state index contributed by atoms with van der Waals surface area (Å²) in [6.45, 7) is 0.885. The molecule has 0 aromatic heterocycles. The van der Waals surface area contributed by atoms with Crippen molar-refractivity contribution in [3.05, 3.63) is 59.2 Å². The molecule has 2 aliphatic rings. The zero-order valence-electron chi connectivity index (χ0n) is 18.0. The minimum absolute atomic E-state index is 0.0109. The molecule has 3 amide bonds. The van der Waals surface area contributed by atoms with E-state index in [2.05, 4.69) is 10.6 Å². The molecule has 1 heterocycles. The highest BCUT2D eigenvalue weighted by Gasteiger charge is 2.33. The number of hydrogen-bond acceptors (Lipinski definition) is 4. The van der Waals surface area contributed by atoms with Crippen molar-refractivity contribution >= 4 is 11.9 Å². The summed E-state index contributed by atoms with van der Waals surface area (Å²) in [6.07, 6.45) is 3.11. The molecule has 1 atom stereocenters. The van der Waals surface area contributed by atoms with Crippen LogP contribution in [0.2, 0.25) is 0 Å². The molecular weight excluding hydrogens is 394 g/mol. The van der Waals surface area contributed by atoms with Crippen LogP contribution in [0, 0.1) is 0 Å². The maximum Gasteiger partial charge on any atom is 0.318 e. The van der Waals surface area contributed by atoms with E-state index in [0.29, 0.717) is 37.1 Å². The van der Waals surface area contributed by atoms with E-state index in [4.69, 9.17) is 9.47 Å². The standard InChI is InChI=1S/C24H29N3O4/c1-30-20-14-17-11-13-27(24(29)25-12-10-22(28)26-18-8-9-18)23(16-6-4-3-5-7-16)19(17)15-21(20)31-2/h3-7,14-15,18,23H,8-13H2,1-2H3,(H,25,29)(H,26,28). The average molecular weight is 424 g/mol. The second-order valence-corrected chi connectivity index (χ2v) is 7.99. The lowest BCUT2D eigenvalue weighted by atomic mass is 9.88. The van der Waals surface area contributed by atoms with Gasteiger partial charge in [0.2, 0.25) is 5.91 Å². The molecule has 2 N–H and O–H groups in total. The molecule has 0 spiro atoms. The second kappa shape index (κ2) is 9.29. The highest BCUT2D eigenvalue weighted by molar-refractivity contribution is 5.79. The summed E-state index contributed by atoms with van der Waals surface area (Å²) in [5, 5.41) is 5.88. The minimum atomic E-state index is -0.245. The van der Waals surface area contributed by atoms with Crippen LogP contribution in [-0.2, 0) is 11.2 Å². The number of amides is 3. The van der Waals surface area contributed by atoms with Crippen molar-refractivity contribution in [1.29, 1.82) is 0 Å². The largest absolute Gasteiger partial charge is 0.493 e. The molecule has 1 aliphatic carbocycles. The highest BCUT2D eigenvalue weighted by Crippen LogP contribution is 2.40. The third-order valence-corrected chi connectivity index (χ3v) is 5.82. The molecule has 1 saturated carbocycles. The SMILES string of the molecule is COc1cc2c(cc1OC)C(c1ccccc1)N(C(=O)NCCC(=O)NC1CC1)CC2. The first-order chi connectivity index (χ1) is 15.1. The molecule has 0 saturated heterocycles. The Morgan fingerprint density at radius 3 is 2.45 bits per heavy atom. The van der Waals surface area contributed by atoms with Gasteiger partial charge < -0.3 is 25.0 Å². The van der Waals surface area contributed by atoms with E-state index in [1.54, 1.807) is 14.2 Å². The van der Waals surface area contributed by atoms with E-state index in [1.807, 2.05) is 47.4 Å². The van der Waals surface area contributed by atoms with E-state index in [9.17, 15) is 9.59 Å². The Morgan fingerprint density at radius 2 is 1.77 bits per heavy atom. The molecular formula is C24H29N3O4. The third kappa shape index (κ3) is 4.76.